The lowest BCUT2D eigenvalue weighted by Crippen LogP contribution is -2.24. The van der Waals surface area contributed by atoms with Gasteiger partial charge in [-0.2, -0.15) is 5.10 Å². The summed E-state index contributed by atoms with van der Waals surface area (Å²) in [6, 6.07) is 24.5. The SMILES string of the molecule is Cc1cccc(C(=O)Oc2ccc3ccccc3c2C=NNC(=O)COc2cc(C(C)C)ccc2C)c1. The molecule has 0 aromatic heterocycles. The average Bonchev–Trinajstić information content (AvgIpc) is 2.89. The first-order valence-corrected chi connectivity index (χ1v) is 12.2. The lowest BCUT2D eigenvalue weighted by atomic mass is 10.0. The molecule has 0 aliphatic rings. The molecule has 0 atom stereocenters. The number of esters is 1. The van der Waals surface area contributed by atoms with Gasteiger partial charge in [0, 0.05) is 5.56 Å². The van der Waals surface area contributed by atoms with E-state index in [1.165, 1.54) is 6.21 Å². The van der Waals surface area contributed by atoms with Gasteiger partial charge in [-0.3, -0.25) is 4.79 Å². The number of benzene rings is 4. The molecule has 4 rings (SSSR count). The van der Waals surface area contributed by atoms with Crippen molar-refractivity contribution in [2.24, 2.45) is 5.10 Å². The number of aryl methyl sites for hydroxylation is 2. The molecule has 0 saturated carbocycles. The van der Waals surface area contributed by atoms with Crippen molar-refractivity contribution >= 4 is 28.9 Å². The maximum atomic E-state index is 12.8. The van der Waals surface area contributed by atoms with Gasteiger partial charge in [0.05, 0.1) is 11.8 Å². The minimum Gasteiger partial charge on any atom is -0.483 e. The van der Waals surface area contributed by atoms with Crippen molar-refractivity contribution in [3.05, 3.63) is 107 Å². The van der Waals surface area contributed by atoms with E-state index < -0.39 is 11.9 Å². The van der Waals surface area contributed by atoms with Crippen LogP contribution in [0.15, 0.2) is 84.0 Å². The van der Waals surface area contributed by atoms with E-state index in [1.807, 2.05) is 68.4 Å². The highest BCUT2D eigenvalue weighted by Crippen LogP contribution is 2.28. The summed E-state index contributed by atoms with van der Waals surface area (Å²) in [6.07, 6.45) is 1.49. The van der Waals surface area contributed by atoms with E-state index in [9.17, 15) is 9.59 Å². The second-order valence-corrected chi connectivity index (χ2v) is 9.22. The quantitative estimate of drug-likeness (QED) is 0.134. The van der Waals surface area contributed by atoms with E-state index in [2.05, 4.69) is 30.4 Å². The molecule has 0 spiro atoms. The number of fused-ring (bicyclic) bond motifs is 1. The van der Waals surface area contributed by atoms with Gasteiger partial charge < -0.3 is 9.47 Å². The first-order chi connectivity index (χ1) is 17.8. The molecular weight excluding hydrogens is 464 g/mol. The van der Waals surface area contributed by atoms with Gasteiger partial charge in [-0.1, -0.05) is 74.0 Å². The van der Waals surface area contributed by atoms with Crippen LogP contribution in [0.3, 0.4) is 0 Å². The summed E-state index contributed by atoms with van der Waals surface area (Å²) in [6.45, 7) is 7.89. The van der Waals surface area contributed by atoms with Gasteiger partial charge >= 0.3 is 5.97 Å². The molecule has 6 heteroatoms. The van der Waals surface area contributed by atoms with Crippen LogP contribution in [0, 0.1) is 13.8 Å². The number of rotatable bonds is 8. The van der Waals surface area contributed by atoms with Gasteiger partial charge in [0.2, 0.25) is 0 Å². The predicted octanol–water partition coefficient (Wildman–Crippen LogP) is 6.33. The van der Waals surface area contributed by atoms with Crippen molar-refractivity contribution in [3.63, 3.8) is 0 Å². The third-order valence-corrected chi connectivity index (χ3v) is 6.01. The van der Waals surface area contributed by atoms with Crippen molar-refractivity contribution in [2.45, 2.75) is 33.6 Å². The Morgan fingerprint density at radius 3 is 2.51 bits per heavy atom. The van der Waals surface area contributed by atoms with E-state index in [1.54, 1.807) is 18.2 Å². The first kappa shape index (κ1) is 25.6. The average molecular weight is 495 g/mol. The van der Waals surface area contributed by atoms with Crippen molar-refractivity contribution < 1.29 is 19.1 Å². The molecule has 37 heavy (non-hydrogen) atoms. The van der Waals surface area contributed by atoms with Crippen LogP contribution in [-0.2, 0) is 4.79 Å². The van der Waals surface area contributed by atoms with Crippen LogP contribution in [0.2, 0.25) is 0 Å². The Bertz CT molecular complexity index is 1470. The van der Waals surface area contributed by atoms with Crippen LogP contribution in [0.25, 0.3) is 10.8 Å². The van der Waals surface area contributed by atoms with Gasteiger partial charge in [0.25, 0.3) is 5.91 Å². The normalized spacial score (nSPS) is 11.2. The molecule has 0 fully saturated rings. The number of nitrogens with one attached hydrogen (secondary N) is 1. The third-order valence-electron chi connectivity index (χ3n) is 6.01. The lowest BCUT2D eigenvalue weighted by molar-refractivity contribution is -0.123. The highest BCUT2D eigenvalue weighted by molar-refractivity contribution is 6.04. The molecule has 0 bridgehead atoms. The molecule has 0 aliphatic heterocycles. The summed E-state index contributed by atoms with van der Waals surface area (Å²) in [5.74, 6) is 0.510. The molecule has 188 valence electrons. The zero-order valence-corrected chi connectivity index (χ0v) is 21.4. The van der Waals surface area contributed by atoms with Crippen molar-refractivity contribution in [1.82, 2.24) is 5.43 Å². The predicted molar refractivity (Wildman–Crippen MR) is 147 cm³/mol. The van der Waals surface area contributed by atoms with Gasteiger partial charge in [-0.15, -0.1) is 0 Å². The fourth-order valence-electron chi connectivity index (χ4n) is 3.90. The molecule has 4 aromatic rings. The second-order valence-electron chi connectivity index (χ2n) is 9.22. The molecule has 1 amide bonds. The van der Waals surface area contributed by atoms with Gasteiger partial charge in [0.1, 0.15) is 11.5 Å². The summed E-state index contributed by atoms with van der Waals surface area (Å²) in [7, 11) is 0. The summed E-state index contributed by atoms with van der Waals surface area (Å²) >= 11 is 0. The largest absolute Gasteiger partial charge is 0.483 e. The maximum Gasteiger partial charge on any atom is 0.343 e. The van der Waals surface area contributed by atoms with E-state index >= 15 is 0 Å². The fourth-order valence-corrected chi connectivity index (χ4v) is 3.90. The van der Waals surface area contributed by atoms with Crippen LogP contribution >= 0.6 is 0 Å². The molecule has 0 saturated heterocycles. The van der Waals surface area contributed by atoms with Gasteiger partial charge in [-0.25, -0.2) is 10.2 Å². The zero-order valence-electron chi connectivity index (χ0n) is 21.4. The second kappa shape index (κ2) is 11.5. The van der Waals surface area contributed by atoms with Crippen LogP contribution in [0.5, 0.6) is 11.5 Å². The number of carbonyl (C=O) groups excluding carboxylic acids is 2. The van der Waals surface area contributed by atoms with E-state index in [4.69, 9.17) is 9.47 Å². The monoisotopic (exact) mass is 494 g/mol. The maximum absolute atomic E-state index is 12.8. The van der Waals surface area contributed by atoms with Gasteiger partial charge in [-0.05, 0) is 65.9 Å². The standard InChI is InChI=1S/C31H30N2O4/c1-20(2)24-13-12-22(4)29(17-24)36-19-30(34)33-32-18-27-26-11-6-5-9-23(26)14-15-28(27)37-31(35)25-10-7-8-21(3)16-25/h5-18,20H,19H2,1-4H3,(H,33,34). The highest BCUT2D eigenvalue weighted by atomic mass is 16.5. The van der Waals surface area contributed by atoms with Crippen LogP contribution in [-0.4, -0.2) is 24.7 Å². The summed E-state index contributed by atoms with van der Waals surface area (Å²) < 4.78 is 11.5. The highest BCUT2D eigenvalue weighted by Gasteiger charge is 2.14. The Morgan fingerprint density at radius 1 is 0.919 bits per heavy atom. The Kier molecular flexibility index (Phi) is 7.98. The Labute approximate surface area is 216 Å². The number of ether oxygens (including phenoxy) is 2. The van der Waals surface area contributed by atoms with Crippen LogP contribution in [0.1, 0.15) is 52.4 Å². The van der Waals surface area contributed by atoms with Crippen molar-refractivity contribution in [3.8, 4) is 11.5 Å². The Balaban J connectivity index is 1.50. The zero-order chi connectivity index (χ0) is 26.4. The van der Waals surface area contributed by atoms with Gasteiger partial charge in [0.15, 0.2) is 6.61 Å². The topological polar surface area (TPSA) is 77.0 Å². The number of carbonyl (C=O) groups is 2. The molecule has 0 unspecified atom stereocenters. The Morgan fingerprint density at radius 2 is 1.73 bits per heavy atom. The Hall–Kier alpha value is -4.45. The van der Waals surface area contributed by atoms with Crippen molar-refractivity contribution in [1.29, 1.82) is 0 Å². The van der Waals surface area contributed by atoms with Crippen LogP contribution in [0.4, 0.5) is 0 Å². The summed E-state index contributed by atoms with van der Waals surface area (Å²) in [5.41, 5.74) is 6.61. The number of hydrogen-bond acceptors (Lipinski definition) is 5. The minimum atomic E-state index is -0.468. The summed E-state index contributed by atoms with van der Waals surface area (Å²) in [4.78, 5) is 25.2. The molecule has 0 heterocycles. The van der Waals surface area contributed by atoms with Crippen molar-refractivity contribution in [2.75, 3.05) is 6.61 Å². The molecule has 0 radical (unpaired) electrons. The smallest absolute Gasteiger partial charge is 0.343 e. The van der Waals surface area contributed by atoms with E-state index in [-0.39, 0.29) is 6.61 Å². The molecule has 6 nitrogen and oxygen atoms in total. The molecule has 0 aliphatic carbocycles. The third kappa shape index (κ3) is 6.41. The number of amides is 1. The fraction of sp³-hybridized carbons (Fsp3) is 0.194. The molecule has 1 N–H and O–H groups in total. The van der Waals surface area contributed by atoms with Crippen LogP contribution < -0.4 is 14.9 Å². The number of hydrazone groups is 1. The number of hydrogen-bond donors (Lipinski definition) is 1. The lowest BCUT2D eigenvalue weighted by Gasteiger charge is -2.12. The van der Waals surface area contributed by atoms with E-state index in [0.717, 1.165) is 27.5 Å². The molecule has 4 aromatic carbocycles. The number of nitrogens with zero attached hydrogens (tertiary/aromatic N) is 1. The molecular formula is C31H30N2O4. The van der Waals surface area contributed by atoms with E-state index in [0.29, 0.717) is 28.5 Å². The minimum absolute atomic E-state index is 0.176. The first-order valence-electron chi connectivity index (χ1n) is 12.2. The summed E-state index contributed by atoms with van der Waals surface area (Å²) in [5, 5.41) is 5.92.